The van der Waals surface area contributed by atoms with Crippen molar-refractivity contribution in [1.29, 1.82) is 0 Å². The van der Waals surface area contributed by atoms with Gasteiger partial charge in [-0.3, -0.25) is 0 Å². The van der Waals surface area contributed by atoms with Gasteiger partial charge < -0.3 is 15.8 Å². The fourth-order valence-corrected chi connectivity index (χ4v) is 1.98. The summed E-state index contributed by atoms with van der Waals surface area (Å²) in [7, 11) is 1.72. The van der Waals surface area contributed by atoms with Crippen LogP contribution in [0.25, 0.3) is 0 Å². The Bertz CT molecular complexity index is 396. The first-order chi connectivity index (χ1) is 8.88. The Labute approximate surface area is 117 Å². The number of rotatable bonds is 6. The summed E-state index contributed by atoms with van der Waals surface area (Å²) >= 11 is 0. The third-order valence-electron chi connectivity index (χ3n) is 3.38. The monoisotopic (exact) mass is 264 g/mol. The van der Waals surface area contributed by atoms with E-state index in [4.69, 9.17) is 10.5 Å². The van der Waals surface area contributed by atoms with Crippen LogP contribution in [0, 0.1) is 5.92 Å². The van der Waals surface area contributed by atoms with Gasteiger partial charge in [0.05, 0.1) is 7.11 Å². The van der Waals surface area contributed by atoms with Gasteiger partial charge in [-0.1, -0.05) is 27.7 Å². The minimum absolute atomic E-state index is 0.0770. The molecule has 0 amide bonds. The quantitative estimate of drug-likeness (QED) is 0.828. The van der Waals surface area contributed by atoms with Crippen molar-refractivity contribution in [2.24, 2.45) is 11.7 Å². The van der Waals surface area contributed by atoms with Gasteiger partial charge in [0.1, 0.15) is 5.75 Å². The molecule has 0 spiro atoms. The molecule has 1 aromatic carbocycles. The molecule has 0 radical (unpaired) electrons. The second-order valence-corrected chi connectivity index (χ2v) is 6.22. The van der Waals surface area contributed by atoms with Gasteiger partial charge in [-0.2, -0.15) is 0 Å². The van der Waals surface area contributed by atoms with E-state index in [1.807, 2.05) is 6.07 Å². The lowest BCUT2D eigenvalue weighted by Crippen LogP contribution is -2.16. The molecule has 0 saturated carbocycles. The summed E-state index contributed by atoms with van der Waals surface area (Å²) in [6.07, 6.45) is 1.09. The number of methoxy groups -OCH3 is 1. The van der Waals surface area contributed by atoms with E-state index in [1.165, 1.54) is 5.56 Å². The van der Waals surface area contributed by atoms with Crippen LogP contribution >= 0.6 is 0 Å². The topological polar surface area (TPSA) is 47.3 Å². The third-order valence-corrected chi connectivity index (χ3v) is 3.38. The lowest BCUT2D eigenvalue weighted by molar-refractivity contribution is 0.397. The second-order valence-electron chi connectivity index (χ2n) is 6.22. The summed E-state index contributed by atoms with van der Waals surface area (Å²) in [6, 6.07) is 6.29. The smallest absolute Gasteiger partial charge is 0.122 e. The van der Waals surface area contributed by atoms with Gasteiger partial charge in [-0.15, -0.1) is 0 Å². The molecule has 0 aliphatic heterocycles. The molecule has 0 saturated heterocycles. The number of nitrogens with two attached hydrogens (primary N) is 1. The lowest BCUT2D eigenvalue weighted by Gasteiger charge is -2.23. The maximum absolute atomic E-state index is 5.63. The summed E-state index contributed by atoms with van der Waals surface area (Å²) in [6.45, 7) is 10.5. The van der Waals surface area contributed by atoms with Crippen LogP contribution in [0.5, 0.6) is 5.75 Å². The molecule has 0 aliphatic rings. The zero-order chi connectivity index (χ0) is 14.5. The number of anilines is 1. The zero-order valence-corrected chi connectivity index (χ0v) is 12.9. The Morgan fingerprint density at radius 3 is 2.53 bits per heavy atom. The van der Waals surface area contributed by atoms with E-state index in [9.17, 15) is 0 Å². The van der Waals surface area contributed by atoms with Gasteiger partial charge in [0.25, 0.3) is 0 Å². The fraction of sp³-hybridized carbons (Fsp3) is 0.625. The number of hydrogen-bond donors (Lipinski definition) is 2. The first kappa shape index (κ1) is 15.8. The van der Waals surface area contributed by atoms with Crippen molar-refractivity contribution < 1.29 is 4.74 Å². The van der Waals surface area contributed by atoms with Crippen LogP contribution in [-0.2, 0) is 5.41 Å². The number of benzene rings is 1. The van der Waals surface area contributed by atoms with E-state index >= 15 is 0 Å². The summed E-state index contributed by atoms with van der Waals surface area (Å²) in [5, 5.41) is 3.46. The van der Waals surface area contributed by atoms with E-state index < -0.39 is 0 Å². The SMILES string of the molecule is COc1ccc(NCCC(C)CN)cc1C(C)(C)C. The van der Waals surface area contributed by atoms with E-state index in [0.29, 0.717) is 5.92 Å². The van der Waals surface area contributed by atoms with Gasteiger partial charge in [0.15, 0.2) is 0 Å². The van der Waals surface area contributed by atoms with Crippen molar-refractivity contribution in [1.82, 2.24) is 0 Å². The molecule has 0 aromatic heterocycles. The Morgan fingerprint density at radius 2 is 2.00 bits per heavy atom. The van der Waals surface area contributed by atoms with E-state index in [2.05, 4.69) is 45.1 Å². The molecule has 0 aliphatic carbocycles. The van der Waals surface area contributed by atoms with Crippen LogP contribution < -0.4 is 15.8 Å². The largest absolute Gasteiger partial charge is 0.496 e. The Morgan fingerprint density at radius 1 is 1.32 bits per heavy atom. The van der Waals surface area contributed by atoms with Gasteiger partial charge in [0, 0.05) is 17.8 Å². The van der Waals surface area contributed by atoms with Crippen LogP contribution in [0.3, 0.4) is 0 Å². The van der Waals surface area contributed by atoms with E-state index in [0.717, 1.165) is 30.9 Å². The third kappa shape index (κ3) is 4.75. The van der Waals surface area contributed by atoms with E-state index in [1.54, 1.807) is 7.11 Å². The van der Waals surface area contributed by atoms with Gasteiger partial charge >= 0.3 is 0 Å². The molecule has 108 valence electrons. The number of ether oxygens (including phenoxy) is 1. The summed E-state index contributed by atoms with van der Waals surface area (Å²) in [5.74, 6) is 1.52. The highest BCUT2D eigenvalue weighted by molar-refractivity contribution is 5.53. The highest BCUT2D eigenvalue weighted by Crippen LogP contribution is 2.33. The van der Waals surface area contributed by atoms with Crippen LogP contribution in [0.1, 0.15) is 39.7 Å². The minimum Gasteiger partial charge on any atom is -0.496 e. The van der Waals surface area contributed by atoms with Crippen molar-refractivity contribution in [3.05, 3.63) is 23.8 Å². The Hall–Kier alpha value is -1.22. The standard InChI is InChI=1S/C16H28N2O/c1-12(11-17)8-9-18-13-6-7-15(19-5)14(10-13)16(2,3)4/h6-7,10,12,18H,8-9,11,17H2,1-5H3. The predicted molar refractivity (Wildman–Crippen MR) is 83.0 cm³/mol. The number of nitrogens with one attached hydrogen (secondary N) is 1. The van der Waals surface area contributed by atoms with Crippen molar-refractivity contribution in [2.75, 3.05) is 25.5 Å². The molecule has 1 aromatic rings. The molecular weight excluding hydrogens is 236 g/mol. The molecule has 0 bridgehead atoms. The molecule has 19 heavy (non-hydrogen) atoms. The molecule has 0 heterocycles. The average molecular weight is 264 g/mol. The number of hydrogen-bond acceptors (Lipinski definition) is 3. The van der Waals surface area contributed by atoms with Crippen LogP contribution in [-0.4, -0.2) is 20.2 Å². The zero-order valence-electron chi connectivity index (χ0n) is 12.9. The first-order valence-corrected chi connectivity index (χ1v) is 7.01. The lowest BCUT2D eigenvalue weighted by atomic mass is 9.86. The van der Waals surface area contributed by atoms with Gasteiger partial charge in [0.2, 0.25) is 0 Å². The van der Waals surface area contributed by atoms with Crippen molar-refractivity contribution >= 4 is 5.69 Å². The van der Waals surface area contributed by atoms with Gasteiger partial charge in [-0.25, -0.2) is 0 Å². The van der Waals surface area contributed by atoms with Gasteiger partial charge in [-0.05, 0) is 42.5 Å². The maximum Gasteiger partial charge on any atom is 0.122 e. The van der Waals surface area contributed by atoms with E-state index in [-0.39, 0.29) is 5.41 Å². The van der Waals surface area contributed by atoms with Crippen LogP contribution in [0.15, 0.2) is 18.2 Å². The summed E-state index contributed by atoms with van der Waals surface area (Å²) < 4.78 is 5.44. The van der Waals surface area contributed by atoms with Crippen LogP contribution in [0.4, 0.5) is 5.69 Å². The highest BCUT2D eigenvalue weighted by atomic mass is 16.5. The average Bonchev–Trinajstić information content (AvgIpc) is 2.37. The Kier molecular flexibility index (Phi) is 5.67. The van der Waals surface area contributed by atoms with Crippen LogP contribution in [0.2, 0.25) is 0 Å². The molecule has 1 unspecified atom stereocenters. The summed E-state index contributed by atoms with van der Waals surface area (Å²) in [5.41, 5.74) is 8.08. The maximum atomic E-state index is 5.63. The molecule has 3 heteroatoms. The highest BCUT2D eigenvalue weighted by Gasteiger charge is 2.19. The molecule has 0 fully saturated rings. The summed E-state index contributed by atoms with van der Waals surface area (Å²) in [4.78, 5) is 0. The normalized spacial score (nSPS) is 13.2. The predicted octanol–water partition coefficient (Wildman–Crippen LogP) is 3.39. The van der Waals surface area contributed by atoms with Crippen molar-refractivity contribution in [2.45, 2.75) is 39.5 Å². The minimum atomic E-state index is 0.0770. The fourth-order valence-electron chi connectivity index (χ4n) is 1.98. The second kappa shape index (κ2) is 6.80. The van der Waals surface area contributed by atoms with Crippen molar-refractivity contribution in [3.8, 4) is 5.75 Å². The first-order valence-electron chi connectivity index (χ1n) is 7.01. The van der Waals surface area contributed by atoms with Crippen molar-refractivity contribution in [3.63, 3.8) is 0 Å². The Balaban J connectivity index is 2.76. The molecule has 3 nitrogen and oxygen atoms in total. The molecule has 1 rings (SSSR count). The molecule has 1 atom stereocenters. The molecule has 3 N–H and O–H groups in total. The molecular formula is C16H28N2O.